The highest BCUT2D eigenvalue weighted by Crippen LogP contribution is 2.35. The van der Waals surface area contributed by atoms with E-state index in [-0.39, 0.29) is 22.2 Å². The number of nitrogens with zero attached hydrogens (tertiary/aromatic N) is 3. The molecule has 1 aliphatic heterocycles. The Morgan fingerprint density at radius 1 is 1.36 bits per heavy atom. The van der Waals surface area contributed by atoms with E-state index in [9.17, 15) is 13.2 Å². The molecular weight excluding hydrogens is 308 g/mol. The molecule has 8 nitrogen and oxygen atoms in total. The van der Waals surface area contributed by atoms with Crippen molar-refractivity contribution in [3.63, 3.8) is 0 Å². The monoisotopic (exact) mass is 322 g/mol. The average molecular weight is 322 g/mol. The summed E-state index contributed by atoms with van der Waals surface area (Å²) in [5.41, 5.74) is 0.592. The van der Waals surface area contributed by atoms with Gasteiger partial charge in [0.15, 0.2) is 16.5 Å². The molecule has 0 spiro atoms. The number of sulfonamides is 1. The van der Waals surface area contributed by atoms with Crippen molar-refractivity contribution in [3.05, 3.63) is 29.8 Å². The maximum atomic E-state index is 13.0. The number of hydrogen-bond donors (Lipinski definition) is 1. The number of aryl methyl sites for hydroxylation is 2. The molecule has 0 saturated heterocycles. The van der Waals surface area contributed by atoms with E-state index in [2.05, 4.69) is 15.5 Å². The molecule has 22 heavy (non-hydrogen) atoms. The fourth-order valence-corrected chi connectivity index (χ4v) is 4.35. The molecule has 0 bridgehead atoms. The average Bonchev–Trinajstić information content (AvgIpc) is 2.79. The SMILES string of the molecule is Cc1noc(C)c1S(=O)(=O)N1c2ncccc2NC(=O)[C@@H]1C. The molecule has 0 unspecified atom stereocenters. The Morgan fingerprint density at radius 3 is 2.73 bits per heavy atom. The minimum atomic E-state index is -4.02. The number of hydrogen-bond acceptors (Lipinski definition) is 6. The lowest BCUT2D eigenvalue weighted by atomic mass is 10.2. The lowest BCUT2D eigenvalue weighted by Gasteiger charge is -2.33. The van der Waals surface area contributed by atoms with E-state index in [1.807, 2.05) is 0 Å². The van der Waals surface area contributed by atoms with Crippen molar-refractivity contribution in [1.82, 2.24) is 10.1 Å². The van der Waals surface area contributed by atoms with Crippen LogP contribution in [0.5, 0.6) is 0 Å². The van der Waals surface area contributed by atoms with Crippen LogP contribution in [0.2, 0.25) is 0 Å². The summed E-state index contributed by atoms with van der Waals surface area (Å²) in [7, 11) is -4.02. The highest BCUT2D eigenvalue weighted by Gasteiger charge is 2.41. The first-order valence-corrected chi connectivity index (χ1v) is 8.01. The standard InChI is InChI=1S/C13H14N4O4S/c1-7-11(9(3)21-16-7)22(19,20)17-8(2)13(18)15-10-5-4-6-14-12(10)17/h4-6,8H,1-3H3,(H,15,18)/t8-/m0/s1. The first-order chi connectivity index (χ1) is 10.3. The van der Waals surface area contributed by atoms with E-state index in [0.717, 1.165) is 4.31 Å². The second kappa shape index (κ2) is 4.80. The predicted octanol–water partition coefficient (Wildman–Crippen LogP) is 1.22. The van der Waals surface area contributed by atoms with Gasteiger partial charge in [0, 0.05) is 6.20 Å². The molecule has 1 amide bonds. The van der Waals surface area contributed by atoms with E-state index in [1.54, 1.807) is 12.1 Å². The van der Waals surface area contributed by atoms with Crippen molar-refractivity contribution in [1.29, 1.82) is 0 Å². The topological polar surface area (TPSA) is 105 Å². The van der Waals surface area contributed by atoms with Crippen molar-refractivity contribution in [3.8, 4) is 0 Å². The molecule has 3 heterocycles. The Kier molecular flexibility index (Phi) is 3.17. The molecule has 1 atom stereocenters. The van der Waals surface area contributed by atoms with Crippen LogP contribution in [0.3, 0.4) is 0 Å². The number of carbonyl (C=O) groups is 1. The molecule has 2 aromatic heterocycles. The van der Waals surface area contributed by atoms with E-state index in [0.29, 0.717) is 5.69 Å². The van der Waals surface area contributed by atoms with Gasteiger partial charge in [-0.05, 0) is 32.9 Å². The van der Waals surface area contributed by atoms with Gasteiger partial charge in [0.2, 0.25) is 5.91 Å². The van der Waals surface area contributed by atoms with Gasteiger partial charge in [-0.2, -0.15) is 0 Å². The number of anilines is 2. The van der Waals surface area contributed by atoms with Crippen LogP contribution in [-0.2, 0) is 14.8 Å². The van der Waals surface area contributed by atoms with Crippen molar-refractivity contribution in [2.45, 2.75) is 31.7 Å². The van der Waals surface area contributed by atoms with Crippen LogP contribution in [0.4, 0.5) is 11.5 Å². The summed E-state index contributed by atoms with van der Waals surface area (Å²) in [6, 6.07) is 2.29. The molecule has 0 fully saturated rings. The van der Waals surface area contributed by atoms with Crippen LogP contribution in [-0.4, -0.2) is 30.5 Å². The van der Waals surface area contributed by atoms with Gasteiger partial charge >= 0.3 is 0 Å². The fraction of sp³-hybridized carbons (Fsp3) is 0.308. The molecule has 0 saturated carbocycles. The fourth-order valence-electron chi connectivity index (χ4n) is 2.46. The number of fused-ring (bicyclic) bond motifs is 1. The zero-order valence-corrected chi connectivity index (χ0v) is 13.0. The van der Waals surface area contributed by atoms with Crippen LogP contribution in [0.15, 0.2) is 27.7 Å². The minimum Gasteiger partial charge on any atom is -0.360 e. The molecule has 0 aromatic carbocycles. The summed E-state index contributed by atoms with van der Waals surface area (Å²) in [4.78, 5) is 16.1. The van der Waals surface area contributed by atoms with Gasteiger partial charge in [0.1, 0.15) is 11.7 Å². The summed E-state index contributed by atoms with van der Waals surface area (Å²) >= 11 is 0. The Bertz CT molecular complexity index is 839. The Labute approximate surface area is 127 Å². The van der Waals surface area contributed by atoms with Crippen molar-refractivity contribution in [2.75, 3.05) is 9.62 Å². The number of carbonyl (C=O) groups excluding carboxylic acids is 1. The van der Waals surface area contributed by atoms with Gasteiger partial charge in [-0.25, -0.2) is 17.7 Å². The second-order valence-electron chi connectivity index (χ2n) is 4.99. The van der Waals surface area contributed by atoms with Gasteiger partial charge in [-0.3, -0.25) is 4.79 Å². The molecular formula is C13H14N4O4S. The Balaban J connectivity index is 2.24. The third-order valence-corrected chi connectivity index (χ3v) is 5.58. The van der Waals surface area contributed by atoms with Crippen LogP contribution in [0, 0.1) is 13.8 Å². The molecule has 3 rings (SSSR count). The number of nitrogens with one attached hydrogen (secondary N) is 1. The van der Waals surface area contributed by atoms with Gasteiger partial charge < -0.3 is 9.84 Å². The van der Waals surface area contributed by atoms with E-state index >= 15 is 0 Å². The summed E-state index contributed by atoms with van der Waals surface area (Å²) < 4.78 is 32.0. The largest absolute Gasteiger partial charge is 0.360 e. The Morgan fingerprint density at radius 2 is 2.09 bits per heavy atom. The van der Waals surface area contributed by atoms with E-state index < -0.39 is 22.0 Å². The maximum Gasteiger partial charge on any atom is 0.271 e. The number of pyridine rings is 1. The van der Waals surface area contributed by atoms with Gasteiger partial charge in [0.05, 0.1) is 5.69 Å². The van der Waals surface area contributed by atoms with Crippen LogP contribution in [0.1, 0.15) is 18.4 Å². The molecule has 1 aliphatic rings. The minimum absolute atomic E-state index is 0.0364. The lowest BCUT2D eigenvalue weighted by molar-refractivity contribution is -0.117. The zero-order valence-electron chi connectivity index (χ0n) is 12.2. The number of aromatic nitrogens is 2. The van der Waals surface area contributed by atoms with E-state index in [1.165, 1.54) is 27.0 Å². The van der Waals surface area contributed by atoms with Crippen LogP contribution in [0.25, 0.3) is 0 Å². The number of amides is 1. The van der Waals surface area contributed by atoms with E-state index in [4.69, 9.17) is 4.52 Å². The van der Waals surface area contributed by atoms with Crippen molar-refractivity contribution >= 4 is 27.4 Å². The molecule has 1 N–H and O–H groups in total. The normalized spacial score (nSPS) is 18.0. The molecule has 116 valence electrons. The van der Waals surface area contributed by atoms with Crippen molar-refractivity contribution in [2.24, 2.45) is 0 Å². The zero-order chi connectivity index (χ0) is 16.1. The predicted molar refractivity (Wildman–Crippen MR) is 78.0 cm³/mol. The van der Waals surface area contributed by atoms with Gasteiger partial charge in [-0.1, -0.05) is 5.16 Å². The van der Waals surface area contributed by atoms with Gasteiger partial charge in [0.25, 0.3) is 10.0 Å². The summed E-state index contributed by atoms with van der Waals surface area (Å²) in [6.45, 7) is 4.56. The highest BCUT2D eigenvalue weighted by molar-refractivity contribution is 7.93. The van der Waals surface area contributed by atoms with Crippen molar-refractivity contribution < 1.29 is 17.7 Å². The first kappa shape index (κ1) is 14.5. The smallest absolute Gasteiger partial charge is 0.271 e. The molecule has 9 heteroatoms. The quantitative estimate of drug-likeness (QED) is 0.891. The van der Waals surface area contributed by atoms with Gasteiger partial charge in [-0.15, -0.1) is 0 Å². The summed E-state index contributed by atoms with van der Waals surface area (Å²) in [5.74, 6) is -0.0707. The van der Waals surface area contributed by atoms with Crippen LogP contribution >= 0.6 is 0 Å². The third kappa shape index (κ3) is 1.97. The maximum absolute atomic E-state index is 13.0. The summed E-state index contributed by atoms with van der Waals surface area (Å²) in [6.07, 6.45) is 1.47. The lowest BCUT2D eigenvalue weighted by Crippen LogP contribution is -2.49. The molecule has 2 aromatic rings. The first-order valence-electron chi connectivity index (χ1n) is 6.57. The highest BCUT2D eigenvalue weighted by atomic mass is 32.2. The Hall–Kier alpha value is -2.42. The third-order valence-electron chi connectivity index (χ3n) is 3.47. The second-order valence-corrected chi connectivity index (χ2v) is 6.75. The molecule has 0 radical (unpaired) electrons. The molecule has 0 aliphatic carbocycles. The number of rotatable bonds is 2. The summed E-state index contributed by atoms with van der Waals surface area (Å²) in [5, 5.41) is 6.32. The van der Waals surface area contributed by atoms with Crippen LogP contribution < -0.4 is 9.62 Å².